The molecule has 1 heterocycles. The van der Waals surface area contributed by atoms with Crippen molar-refractivity contribution in [2.24, 2.45) is 10.7 Å². The van der Waals surface area contributed by atoms with Crippen LogP contribution < -0.4 is 16.4 Å². The van der Waals surface area contributed by atoms with E-state index in [1.165, 1.54) is 11.3 Å². The quantitative estimate of drug-likeness (QED) is 0.466. The van der Waals surface area contributed by atoms with E-state index in [4.69, 9.17) is 10.8 Å². The molecule has 0 radical (unpaired) electrons. The van der Waals surface area contributed by atoms with Crippen molar-refractivity contribution in [3.63, 3.8) is 0 Å². The minimum atomic E-state index is -0.891. The molecule has 0 bridgehead atoms. The lowest BCUT2D eigenvalue weighted by molar-refractivity contribution is -0.137. The highest BCUT2D eigenvalue weighted by atomic mass is 32.1. The summed E-state index contributed by atoms with van der Waals surface area (Å²) in [5, 5.41) is 16.0. The molecule has 5 N–H and O–H groups in total. The van der Waals surface area contributed by atoms with Crippen LogP contribution in [0.3, 0.4) is 0 Å². The number of nitrogens with zero attached hydrogens (tertiary/aromatic N) is 1. The van der Waals surface area contributed by atoms with Gasteiger partial charge in [-0.05, 0) is 19.1 Å². The average Bonchev–Trinajstić information content (AvgIpc) is 2.65. The summed E-state index contributed by atoms with van der Waals surface area (Å²) in [7, 11) is 1.58. The molecule has 0 amide bonds. The molecule has 0 aliphatic rings. The number of aliphatic carboxylic acids is 1. The van der Waals surface area contributed by atoms with Crippen molar-refractivity contribution < 1.29 is 9.90 Å². The van der Waals surface area contributed by atoms with Gasteiger partial charge in [0.15, 0.2) is 5.96 Å². The van der Waals surface area contributed by atoms with Gasteiger partial charge >= 0.3 is 5.97 Å². The van der Waals surface area contributed by atoms with Gasteiger partial charge in [0.2, 0.25) is 0 Å². The van der Waals surface area contributed by atoms with Crippen molar-refractivity contribution in [2.75, 3.05) is 17.7 Å². The molecule has 1 aromatic heterocycles. The number of rotatable bonds is 4. The molecule has 1 rings (SSSR count). The van der Waals surface area contributed by atoms with Gasteiger partial charge in [-0.1, -0.05) is 0 Å². The Labute approximate surface area is 97.2 Å². The van der Waals surface area contributed by atoms with Crippen LogP contribution in [0.1, 0.15) is 6.92 Å². The van der Waals surface area contributed by atoms with Gasteiger partial charge in [-0.25, -0.2) is 0 Å². The molecule has 1 unspecified atom stereocenters. The summed E-state index contributed by atoms with van der Waals surface area (Å²) >= 11 is 1.38. The van der Waals surface area contributed by atoms with Crippen LogP contribution in [0, 0.1) is 0 Å². The molecule has 0 aliphatic carbocycles. The van der Waals surface area contributed by atoms with E-state index < -0.39 is 12.0 Å². The van der Waals surface area contributed by atoms with Crippen molar-refractivity contribution in [1.82, 2.24) is 0 Å². The first-order chi connectivity index (χ1) is 7.52. The van der Waals surface area contributed by atoms with Crippen LogP contribution in [0.25, 0.3) is 0 Å². The number of carboxylic acid groups (broad SMARTS) is 1. The van der Waals surface area contributed by atoms with E-state index in [0.29, 0.717) is 5.96 Å². The number of nitrogens with two attached hydrogens (primary N) is 1. The van der Waals surface area contributed by atoms with Crippen LogP contribution in [0.4, 0.5) is 10.0 Å². The topological polar surface area (TPSA) is 99.7 Å². The van der Waals surface area contributed by atoms with Crippen molar-refractivity contribution >= 4 is 33.3 Å². The van der Waals surface area contributed by atoms with Gasteiger partial charge in [-0.15, -0.1) is 11.3 Å². The summed E-state index contributed by atoms with van der Waals surface area (Å²) in [5.74, 6) is -0.572. The first-order valence-electron chi connectivity index (χ1n) is 4.61. The monoisotopic (exact) mass is 242 g/mol. The lowest BCUT2D eigenvalue weighted by atomic mass is 10.3. The van der Waals surface area contributed by atoms with Crippen LogP contribution in [0.5, 0.6) is 0 Å². The Kier molecular flexibility index (Phi) is 4.12. The fraction of sp³-hybridized carbons (Fsp3) is 0.333. The molecule has 0 aliphatic heterocycles. The maximum atomic E-state index is 10.6. The van der Waals surface area contributed by atoms with Crippen LogP contribution in [-0.2, 0) is 4.79 Å². The Morgan fingerprint density at radius 2 is 2.19 bits per heavy atom. The summed E-state index contributed by atoms with van der Waals surface area (Å²) in [6, 6.07) is 2.97. The SMILES string of the molecule is CN=C(N)Nc1ccc(NC(C)C(=O)O)s1. The summed E-state index contributed by atoms with van der Waals surface area (Å²) in [6.07, 6.45) is 0. The van der Waals surface area contributed by atoms with Crippen molar-refractivity contribution in [1.29, 1.82) is 0 Å². The molecule has 7 heteroatoms. The standard InChI is InChI=1S/C9H14N4O2S/c1-5(8(14)15)12-6-3-4-7(16-6)13-9(10)11-2/h3-5,12H,1-2H3,(H,14,15)(H3,10,11,13). The highest BCUT2D eigenvalue weighted by Crippen LogP contribution is 2.26. The normalized spacial score (nSPS) is 13.2. The van der Waals surface area contributed by atoms with Gasteiger partial charge in [-0.2, -0.15) is 0 Å². The molecule has 0 spiro atoms. The summed E-state index contributed by atoms with van der Waals surface area (Å²) in [4.78, 5) is 14.4. The number of guanidine groups is 1. The first-order valence-corrected chi connectivity index (χ1v) is 5.43. The summed E-state index contributed by atoms with van der Waals surface area (Å²) in [5.41, 5.74) is 5.49. The second-order valence-corrected chi connectivity index (χ2v) is 4.19. The smallest absolute Gasteiger partial charge is 0.325 e. The van der Waals surface area contributed by atoms with Crippen LogP contribution in [0.15, 0.2) is 17.1 Å². The van der Waals surface area contributed by atoms with Gasteiger partial charge in [0.05, 0.1) is 10.0 Å². The fourth-order valence-corrected chi connectivity index (χ4v) is 1.84. The first kappa shape index (κ1) is 12.3. The molecule has 0 aromatic carbocycles. The number of carbonyl (C=O) groups is 1. The maximum Gasteiger partial charge on any atom is 0.325 e. The van der Waals surface area contributed by atoms with Gasteiger partial charge in [-0.3, -0.25) is 9.79 Å². The molecule has 16 heavy (non-hydrogen) atoms. The average molecular weight is 242 g/mol. The Balaban J connectivity index is 2.61. The van der Waals surface area contributed by atoms with Crippen LogP contribution in [-0.4, -0.2) is 30.1 Å². The number of carboxylic acids is 1. The van der Waals surface area contributed by atoms with Gasteiger partial charge < -0.3 is 21.5 Å². The number of nitrogens with one attached hydrogen (secondary N) is 2. The predicted octanol–water partition coefficient (Wildman–Crippen LogP) is 0.989. The molecule has 88 valence electrons. The minimum Gasteiger partial charge on any atom is -0.480 e. The number of hydrogen-bond acceptors (Lipinski definition) is 4. The van der Waals surface area contributed by atoms with E-state index in [9.17, 15) is 4.79 Å². The van der Waals surface area contributed by atoms with Crippen molar-refractivity contribution in [3.8, 4) is 0 Å². The van der Waals surface area contributed by atoms with E-state index >= 15 is 0 Å². The highest BCUT2D eigenvalue weighted by Gasteiger charge is 2.11. The Morgan fingerprint density at radius 1 is 1.56 bits per heavy atom. The zero-order valence-electron chi connectivity index (χ0n) is 9.02. The number of anilines is 2. The number of hydrogen-bond donors (Lipinski definition) is 4. The molecule has 0 saturated carbocycles. The molecule has 0 saturated heterocycles. The third kappa shape index (κ3) is 3.43. The zero-order valence-corrected chi connectivity index (χ0v) is 9.84. The Morgan fingerprint density at radius 3 is 2.75 bits per heavy atom. The highest BCUT2D eigenvalue weighted by molar-refractivity contribution is 7.20. The maximum absolute atomic E-state index is 10.6. The minimum absolute atomic E-state index is 0.319. The summed E-state index contributed by atoms with van der Waals surface area (Å²) < 4.78 is 0. The van der Waals surface area contributed by atoms with Crippen LogP contribution >= 0.6 is 11.3 Å². The third-order valence-electron chi connectivity index (χ3n) is 1.83. The fourth-order valence-electron chi connectivity index (χ4n) is 0.940. The molecule has 6 nitrogen and oxygen atoms in total. The van der Waals surface area contributed by atoms with Crippen molar-refractivity contribution in [3.05, 3.63) is 12.1 Å². The predicted molar refractivity (Wildman–Crippen MR) is 66.2 cm³/mol. The second-order valence-electron chi connectivity index (χ2n) is 3.10. The summed E-state index contributed by atoms with van der Waals surface area (Å²) in [6.45, 7) is 1.58. The van der Waals surface area contributed by atoms with Gasteiger partial charge in [0, 0.05) is 7.05 Å². The largest absolute Gasteiger partial charge is 0.480 e. The van der Waals surface area contributed by atoms with Gasteiger partial charge in [0.1, 0.15) is 6.04 Å². The van der Waals surface area contributed by atoms with Crippen LogP contribution in [0.2, 0.25) is 0 Å². The third-order valence-corrected chi connectivity index (χ3v) is 2.76. The van der Waals surface area contributed by atoms with E-state index in [0.717, 1.165) is 10.0 Å². The lowest BCUT2D eigenvalue weighted by Crippen LogP contribution is -2.24. The molecule has 1 atom stereocenters. The second kappa shape index (κ2) is 5.36. The molecular weight excluding hydrogens is 228 g/mol. The van der Waals surface area contributed by atoms with E-state index in [2.05, 4.69) is 15.6 Å². The lowest BCUT2D eigenvalue weighted by Gasteiger charge is -2.07. The van der Waals surface area contributed by atoms with Crippen molar-refractivity contribution in [2.45, 2.75) is 13.0 Å². The Hall–Kier alpha value is -1.76. The number of thiophene rings is 1. The van der Waals surface area contributed by atoms with E-state index in [1.807, 2.05) is 0 Å². The zero-order chi connectivity index (χ0) is 12.1. The Bertz CT molecular complexity index is 402. The van der Waals surface area contributed by atoms with Gasteiger partial charge in [0.25, 0.3) is 0 Å². The molecule has 1 aromatic rings. The molecule has 0 fully saturated rings. The molecular formula is C9H14N4O2S. The van der Waals surface area contributed by atoms with E-state index in [1.54, 1.807) is 26.1 Å². The van der Waals surface area contributed by atoms with E-state index in [-0.39, 0.29) is 0 Å². The number of aliphatic imine (C=N–C) groups is 1.